The van der Waals surface area contributed by atoms with Gasteiger partial charge in [0.05, 0.1) is 24.0 Å². The first-order chi connectivity index (χ1) is 14.7. The van der Waals surface area contributed by atoms with Gasteiger partial charge in [0.15, 0.2) is 0 Å². The number of benzene rings is 1. The van der Waals surface area contributed by atoms with E-state index in [1.165, 1.54) is 6.20 Å². The maximum atomic E-state index is 12.5. The SMILES string of the molecule is Cc1nn(CC(C)C)c(C)c1CC(=O)Nc1ccc(Oc2cccc(C(N)=O)c2)nc1. The Hall–Kier alpha value is -3.68. The summed E-state index contributed by atoms with van der Waals surface area (Å²) in [5.41, 5.74) is 9.03. The summed E-state index contributed by atoms with van der Waals surface area (Å²) >= 11 is 0. The van der Waals surface area contributed by atoms with Crippen LogP contribution >= 0.6 is 0 Å². The Bertz CT molecular complexity index is 1090. The van der Waals surface area contributed by atoms with Crippen molar-refractivity contribution < 1.29 is 14.3 Å². The second-order valence-corrected chi connectivity index (χ2v) is 7.83. The molecule has 0 saturated heterocycles. The number of primary amides is 1. The van der Waals surface area contributed by atoms with Crippen molar-refractivity contribution in [2.45, 2.75) is 40.7 Å². The smallest absolute Gasteiger partial charge is 0.248 e. The fourth-order valence-electron chi connectivity index (χ4n) is 3.23. The molecule has 3 rings (SSSR count). The van der Waals surface area contributed by atoms with Crippen LogP contribution in [0.3, 0.4) is 0 Å². The Kier molecular flexibility index (Phi) is 6.69. The number of nitrogens with one attached hydrogen (secondary N) is 1. The van der Waals surface area contributed by atoms with E-state index in [4.69, 9.17) is 10.5 Å². The molecule has 8 nitrogen and oxygen atoms in total. The van der Waals surface area contributed by atoms with Gasteiger partial charge in [-0.2, -0.15) is 5.10 Å². The molecule has 0 aliphatic carbocycles. The molecular formula is C23H27N5O3. The molecule has 0 atom stereocenters. The minimum absolute atomic E-state index is 0.139. The first-order valence-electron chi connectivity index (χ1n) is 10.1. The summed E-state index contributed by atoms with van der Waals surface area (Å²) in [4.78, 5) is 28.0. The maximum Gasteiger partial charge on any atom is 0.248 e. The molecule has 3 aromatic rings. The highest BCUT2D eigenvalue weighted by atomic mass is 16.5. The Balaban J connectivity index is 1.62. The lowest BCUT2D eigenvalue weighted by atomic mass is 10.1. The highest BCUT2D eigenvalue weighted by Gasteiger charge is 2.16. The van der Waals surface area contributed by atoms with Crippen LogP contribution in [0.1, 0.15) is 41.2 Å². The van der Waals surface area contributed by atoms with Gasteiger partial charge in [0.2, 0.25) is 17.7 Å². The van der Waals surface area contributed by atoms with E-state index in [0.29, 0.717) is 28.8 Å². The summed E-state index contributed by atoms with van der Waals surface area (Å²) in [6.45, 7) is 9.01. The third-order valence-electron chi connectivity index (χ3n) is 4.77. The third kappa shape index (κ3) is 5.69. The fourth-order valence-corrected chi connectivity index (χ4v) is 3.23. The van der Waals surface area contributed by atoms with E-state index < -0.39 is 5.91 Å². The minimum Gasteiger partial charge on any atom is -0.439 e. The first-order valence-corrected chi connectivity index (χ1v) is 10.1. The third-order valence-corrected chi connectivity index (χ3v) is 4.77. The number of anilines is 1. The minimum atomic E-state index is -0.531. The molecule has 2 heterocycles. The van der Waals surface area contributed by atoms with Crippen molar-refractivity contribution in [3.63, 3.8) is 0 Å². The summed E-state index contributed by atoms with van der Waals surface area (Å²) in [7, 11) is 0. The van der Waals surface area contributed by atoms with Gasteiger partial charge in [-0.25, -0.2) is 4.98 Å². The fraction of sp³-hybridized carbons (Fsp3) is 0.304. The van der Waals surface area contributed by atoms with Crippen molar-refractivity contribution in [1.82, 2.24) is 14.8 Å². The number of amides is 2. The zero-order valence-electron chi connectivity index (χ0n) is 18.2. The number of rotatable bonds is 8. The van der Waals surface area contributed by atoms with E-state index >= 15 is 0 Å². The van der Waals surface area contributed by atoms with Gasteiger partial charge in [-0.1, -0.05) is 19.9 Å². The average Bonchev–Trinajstić information content (AvgIpc) is 2.96. The zero-order chi connectivity index (χ0) is 22.5. The van der Waals surface area contributed by atoms with Crippen LogP contribution in [0, 0.1) is 19.8 Å². The molecule has 0 radical (unpaired) electrons. The first kappa shape index (κ1) is 22.0. The Morgan fingerprint density at radius 2 is 1.97 bits per heavy atom. The number of nitrogens with zero attached hydrogens (tertiary/aromatic N) is 3. The molecule has 0 bridgehead atoms. The molecule has 0 aliphatic heterocycles. The molecule has 0 spiro atoms. The lowest BCUT2D eigenvalue weighted by molar-refractivity contribution is -0.115. The van der Waals surface area contributed by atoms with E-state index in [1.807, 2.05) is 18.5 Å². The standard InChI is InChI=1S/C23H27N5O3/c1-14(2)13-28-16(4)20(15(3)27-28)11-21(29)26-18-8-9-22(25-12-18)31-19-7-5-6-17(10-19)23(24)30/h5-10,12,14H,11,13H2,1-4H3,(H2,24,30)(H,26,29). The van der Waals surface area contributed by atoms with E-state index in [9.17, 15) is 9.59 Å². The van der Waals surface area contributed by atoms with E-state index in [1.54, 1.807) is 36.4 Å². The molecule has 1 aromatic carbocycles. The number of aromatic nitrogens is 3. The molecule has 2 aromatic heterocycles. The van der Waals surface area contributed by atoms with Gasteiger partial charge < -0.3 is 15.8 Å². The normalized spacial score (nSPS) is 10.9. The molecule has 31 heavy (non-hydrogen) atoms. The van der Waals surface area contributed by atoms with Crippen molar-refractivity contribution in [3.8, 4) is 11.6 Å². The highest BCUT2D eigenvalue weighted by Crippen LogP contribution is 2.22. The number of carbonyl (C=O) groups excluding carboxylic acids is 2. The quantitative estimate of drug-likeness (QED) is 0.577. The molecule has 162 valence electrons. The maximum absolute atomic E-state index is 12.5. The van der Waals surface area contributed by atoms with Gasteiger partial charge in [0.1, 0.15) is 5.75 Å². The number of hydrogen-bond donors (Lipinski definition) is 2. The second-order valence-electron chi connectivity index (χ2n) is 7.83. The summed E-state index contributed by atoms with van der Waals surface area (Å²) < 4.78 is 7.61. The van der Waals surface area contributed by atoms with Crippen LogP contribution in [0.15, 0.2) is 42.6 Å². The number of pyridine rings is 1. The summed E-state index contributed by atoms with van der Waals surface area (Å²) in [5.74, 6) is 0.590. The molecule has 0 saturated carbocycles. The Morgan fingerprint density at radius 1 is 1.19 bits per heavy atom. The second kappa shape index (κ2) is 9.42. The van der Waals surface area contributed by atoms with E-state index in [0.717, 1.165) is 23.5 Å². The summed E-state index contributed by atoms with van der Waals surface area (Å²) in [5, 5.41) is 7.41. The monoisotopic (exact) mass is 421 g/mol. The number of nitrogens with two attached hydrogens (primary N) is 1. The van der Waals surface area contributed by atoms with Crippen LogP contribution in [-0.4, -0.2) is 26.6 Å². The predicted octanol–water partition coefficient (Wildman–Crippen LogP) is 3.62. The largest absolute Gasteiger partial charge is 0.439 e. The topological polar surface area (TPSA) is 112 Å². The van der Waals surface area contributed by atoms with Crippen molar-refractivity contribution >= 4 is 17.5 Å². The Morgan fingerprint density at radius 3 is 2.61 bits per heavy atom. The molecule has 2 amide bonds. The van der Waals surface area contributed by atoms with Crippen molar-refractivity contribution in [3.05, 3.63) is 65.1 Å². The number of aryl methyl sites for hydroxylation is 1. The predicted molar refractivity (Wildman–Crippen MR) is 118 cm³/mol. The van der Waals surface area contributed by atoms with Crippen LogP contribution in [-0.2, 0) is 17.8 Å². The van der Waals surface area contributed by atoms with Crippen LogP contribution in [0.4, 0.5) is 5.69 Å². The van der Waals surface area contributed by atoms with E-state index in [2.05, 4.69) is 29.2 Å². The molecule has 3 N–H and O–H groups in total. The van der Waals surface area contributed by atoms with Crippen LogP contribution < -0.4 is 15.8 Å². The molecule has 0 unspecified atom stereocenters. The van der Waals surface area contributed by atoms with Gasteiger partial charge >= 0.3 is 0 Å². The Labute approximate surface area is 181 Å². The molecular weight excluding hydrogens is 394 g/mol. The molecule has 0 fully saturated rings. The van der Waals surface area contributed by atoms with Gasteiger partial charge in [0.25, 0.3) is 0 Å². The van der Waals surface area contributed by atoms with E-state index in [-0.39, 0.29) is 12.3 Å². The molecule has 8 heteroatoms. The zero-order valence-corrected chi connectivity index (χ0v) is 18.2. The number of carbonyl (C=O) groups is 2. The lowest BCUT2D eigenvalue weighted by Crippen LogP contribution is -2.15. The highest BCUT2D eigenvalue weighted by molar-refractivity contribution is 5.93. The lowest BCUT2D eigenvalue weighted by Gasteiger charge is -2.09. The van der Waals surface area contributed by atoms with Gasteiger partial charge in [-0.3, -0.25) is 14.3 Å². The van der Waals surface area contributed by atoms with Gasteiger partial charge in [0, 0.05) is 29.4 Å². The van der Waals surface area contributed by atoms with Crippen LogP contribution in [0.2, 0.25) is 0 Å². The van der Waals surface area contributed by atoms with Crippen LogP contribution in [0.25, 0.3) is 0 Å². The van der Waals surface area contributed by atoms with Gasteiger partial charge in [-0.15, -0.1) is 0 Å². The van der Waals surface area contributed by atoms with Crippen molar-refractivity contribution in [2.75, 3.05) is 5.32 Å². The number of hydrogen-bond acceptors (Lipinski definition) is 5. The summed E-state index contributed by atoms with van der Waals surface area (Å²) in [6, 6.07) is 9.88. The van der Waals surface area contributed by atoms with Gasteiger partial charge in [-0.05, 0) is 44.0 Å². The van der Waals surface area contributed by atoms with Crippen molar-refractivity contribution in [2.24, 2.45) is 11.7 Å². The van der Waals surface area contributed by atoms with Crippen molar-refractivity contribution in [1.29, 1.82) is 0 Å². The van der Waals surface area contributed by atoms with Crippen LogP contribution in [0.5, 0.6) is 11.6 Å². The number of ether oxygens (including phenoxy) is 1. The summed E-state index contributed by atoms with van der Waals surface area (Å²) in [6.07, 6.45) is 1.76. The molecule has 0 aliphatic rings. The average molecular weight is 422 g/mol.